The summed E-state index contributed by atoms with van der Waals surface area (Å²) in [4.78, 5) is 20.6. The molecular weight excluding hydrogens is 204 g/mol. The third-order valence-electron chi connectivity index (χ3n) is 0.651. The topological polar surface area (TPSA) is 92.4 Å². The van der Waals surface area contributed by atoms with E-state index >= 15 is 0 Å². The molecule has 0 aliphatic rings. The van der Waals surface area contributed by atoms with Crippen LogP contribution in [0.25, 0.3) is 0 Å². The van der Waals surface area contributed by atoms with Gasteiger partial charge in [-0.25, -0.2) is 4.79 Å². The van der Waals surface area contributed by atoms with Gasteiger partial charge in [-0.1, -0.05) is 0 Å². The van der Waals surface area contributed by atoms with Crippen LogP contribution in [0.15, 0.2) is 0 Å². The van der Waals surface area contributed by atoms with E-state index in [-0.39, 0.29) is 0 Å². The SMILES string of the molecule is CC(O)(Br)C(=O)NC(N)=O. The van der Waals surface area contributed by atoms with Gasteiger partial charge in [0.05, 0.1) is 0 Å². The lowest BCUT2D eigenvalue weighted by Gasteiger charge is -2.11. The number of nitrogens with two attached hydrogens (primary N) is 1. The Morgan fingerprint density at radius 2 is 2.10 bits per heavy atom. The molecule has 0 saturated heterocycles. The van der Waals surface area contributed by atoms with Gasteiger partial charge in [-0.3, -0.25) is 10.1 Å². The molecular formula is C4H7BrN2O3. The van der Waals surface area contributed by atoms with Crippen molar-refractivity contribution < 1.29 is 14.7 Å². The Bertz CT molecular complexity index is 162. The molecule has 0 fully saturated rings. The van der Waals surface area contributed by atoms with Gasteiger partial charge in [0.2, 0.25) is 0 Å². The number of nitrogens with one attached hydrogen (secondary N) is 1. The van der Waals surface area contributed by atoms with E-state index in [9.17, 15) is 9.59 Å². The first-order chi connectivity index (χ1) is 4.34. The Hall–Kier alpha value is -0.620. The van der Waals surface area contributed by atoms with E-state index in [1.54, 1.807) is 5.32 Å². The third kappa shape index (κ3) is 3.41. The van der Waals surface area contributed by atoms with E-state index in [0.29, 0.717) is 0 Å². The minimum absolute atomic E-state index is 0.889. The summed E-state index contributed by atoms with van der Waals surface area (Å²) in [5.41, 5.74) is 4.59. The van der Waals surface area contributed by atoms with Crippen molar-refractivity contribution in [2.75, 3.05) is 0 Å². The number of rotatable bonds is 1. The summed E-state index contributed by atoms with van der Waals surface area (Å²) in [5.74, 6) is -0.889. The van der Waals surface area contributed by atoms with Gasteiger partial charge in [-0.2, -0.15) is 0 Å². The molecule has 1 atom stereocenters. The molecule has 10 heavy (non-hydrogen) atoms. The first-order valence-corrected chi connectivity index (χ1v) is 3.15. The predicted octanol–water partition coefficient (Wildman–Crippen LogP) is -0.715. The van der Waals surface area contributed by atoms with Crippen LogP contribution in [0.2, 0.25) is 0 Å². The van der Waals surface area contributed by atoms with Crippen LogP contribution in [-0.2, 0) is 4.79 Å². The average Bonchev–Trinajstić information content (AvgIpc) is 1.60. The van der Waals surface area contributed by atoms with Crippen molar-refractivity contribution in [3.05, 3.63) is 0 Å². The van der Waals surface area contributed by atoms with Gasteiger partial charge < -0.3 is 10.8 Å². The molecule has 3 amide bonds. The zero-order chi connectivity index (χ0) is 8.36. The molecule has 5 nitrogen and oxygen atoms in total. The van der Waals surface area contributed by atoms with Gasteiger partial charge in [0.15, 0.2) is 4.51 Å². The number of amides is 3. The molecule has 0 rings (SSSR count). The summed E-state index contributed by atoms with van der Waals surface area (Å²) in [6.07, 6.45) is 0. The molecule has 0 aromatic heterocycles. The molecule has 0 bridgehead atoms. The Balaban J connectivity index is 3.99. The summed E-state index contributed by atoms with van der Waals surface area (Å²) in [6.45, 7) is 1.17. The van der Waals surface area contributed by atoms with Crippen LogP contribution < -0.4 is 11.1 Å². The highest BCUT2D eigenvalue weighted by atomic mass is 79.9. The lowest BCUT2D eigenvalue weighted by atomic mass is 10.4. The van der Waals surface area contributed by atoms with Gasteiger partial charge >= 0.3 is 6.03 Å². The summed E-state index contributed by atoms with van der Waals surface area (Å²) in [7, 11) is 0. The Labute approximate surface area is 65.7 Å². The van der Waals surface area contributed by atoms with E-state index in [1.165, 1.54) is 6.92 Å². The largest absolute Gasteiger partial charge is 0.371 e. The van der Waals surface area contributed by atoms with Crippen LogP contribution in [0.3, 0.4) is 0 Å². The van der Waals surface area contributed by atoms with Crippen LogP contribution in [0, 0.1) is 0 Å². The average molecular weight is 211 g/mol. The number of halogens is 1. The van der Waals surface area contributed by atoms with E-state index < -0.39 is 16.4 Å². The number of primary amides is 1. The Morgan fingerprint density at radius 3 is 2.20 bits per heavy atom. The molecule has 0 aliphatic carbocycles. The van der Waals surface area contributed by atoms with E-state index in [2.05, 4.69) is 21.7 Å². The summed E-state index contributed by atoms with van der Waals surface area (Å²) in [6, 6.07) is -0.996. The van der Waals surface area contributed by atoms with Crippen LogP contribution in [-0.4, -0.2) is 21.6 Å². The number of urea groups is 1. The minimum atomic E-state index is -1.75. The predicted molar refractivity (Wildman–Crippen MR) is 37.3 cm³/mol. The molecule has 0 aromatic carbocycles. The van der Waals surface area contributed by atoms with Crippen molar-refractivity contribution in [1.82, 2.24) is 5.32 Å². The maximum Gasteiger partial charge on any atom is 0.318 e. The summed E-state index contributed by atoms with van der Waals surface area (Å²) >= 11 is 2.61. The lowest BCUT2D eigenvalue weighted by Crippen LogP contribution is -2.45. The maximum atomic E-state index is 10.6. The smallest absolute Gasteiger partial charge is 0.318 e. The second-order valence-corrected chi connectivity index (χ2v) is 3.32. The van der Waals surface area contributed by atoms with Crippen molar-refractivity contribution in [2.45, 2.75) is 11.4 Å². The van der Waals surface area contributed by atoms with E-state index in [0.717, 1.165) is 0 Å². The molecule has 0 spiro atoms. The molecule has 0 aromatic rings. The quantitative estimate of drug-likeness (QED) is 0.500. The van der Waals surface area contributed by atoms with Gasteiger partial charge in [-0.15, -0.1) is 0 Å². The fourth-order valence-corrected chi connectivity index (χ4v) is 0.325. The van der Waals surface area contributed by atoms with Gasteiger partial charge in [-0.05, 0) is 22.9 Å². The molecule has 58 valence electrons. The van der Waals surface area contributed by atoms with Crippen LogP contribution in [0.4, 0.5) is 4.79 Å². The van der Waals surface area contributed by atoms with Crippen molar-refractivity contribution in [1.29, 1.82) is 0 Å². The zero-order valence-corrected chi connectivity index (χ0v) is 6.81. The highest BCUT2D eigenvalue weighted by molar-refractivity contribution is 9.10. The van der Waals surface area contributed by atoms with Crippen molar-refractivity contribution in [3.8, 4) is 0 Å². The number of hydrogen-bond donors (Lipinski definition) is 3. The number of hydrogen-bond acceptors (Lipinski definition) is 3. The number of imide groups is 1. The maximum absolute atomic E-state index is 10.6. The number of carbonyl (C=O) groups is 2. The van der Waals surface area contributed by atoms with Crippen LogP contribution in [0.1, 0.15) is 6.92 Å². The number of aliphatic hydroxyl groups is 1. The lowest BCUT2D eigenvalue weighted by molar-refractivity contribution is -0.129. The van der Waals surface area contributed by atoms with Gasteiger partial charge in [0, 0.05) is 0 Å². The summed E-state index contributed by atoms with van der Waals surface area (Å²) < 4.78 is -1.75. The fraction of sp³-hybridized carbons (Fsp3) is 0.500. The first kappa shape index (κ1) is 9.38. The molecule has 0 saturated carbocycles. The molecule has 0 aliphatic heterocycles. The number of carbonyl (C=O) groups excluding carboxylic acids is 2. The third-order valence-corrected chi connectivity index (χ3v) is 1.01. The number of alkyl halides is 1. The monoisotopic (exact) mass is 210 g/mol. The van der Waals surface area contributed by atoms with Crippen LogP contribution >= 0.6 is 15.9 Å². The minimum Gasteiger partial charge on any atom is -0.371 e. The van der Waals surface area contributed by atoms with Gasteiger partial charge in [0.25, 0.3) is 5.91 Å². The molecule has 4 N–H and O–H groups in total. The van der Waals surface area contributed by atoms with E-state index in [1.807, 2.05) is 0 Å². The molecule has 6 heteroatoms. The fourth-order valence-electron chi connectivity index (χ4n) is 0.226. The normalized spacial score (nSPS) is 15.5. The molecule has 0 heterocycles. The highest BCUT2D eigenvalue weighted by Gasteiger charge is 2.26. The Kier molecular flexibility index (Phi) is 2.79. The molecule has 0 radical (unpaired) electrons. The second-order valence-electron chi connectivity index (χ2n) is 1.77. The second kappa shape index (κ2) is 2.98. The van der Waals surface area contributed by atoms with Crippen molar-refractivity contribution in [2.24, 2.45) is 5.73 Å². The molecule has 1 unspecified atom stereocenters. The van der Waals surface area contributed by atoms with Gasteiger partial charge in [0.1, 0.15) is 0 Å². The van der Waals surface area contributed by atoms with Crippen molar-refractivity contribution >= 4 is 27.9 Å². The van der Waals surface area contributed by atoms with Crippen molar-refractivity contribution in [3.63, 3.8) is 0 Å². The first-order valence-electron chi connectivity index (χ1n) is 2.36. The summed E-state index contributed by atoms with van der Waals surface area (Å²) in [5, 5.41) is 10.5. The highest BCUT2D eigenvalue weighted by Crippen LogP contribution is 2.11. The Morgan fingerprint density at radius 1 is 1.70 bits per heavy atom. The van der Waals surface area contributed by atoms with Crippen LogP contribution in [0.5, 0.6) is 0 Å². The van der Waals surface area contributed by atoms with E-state index in [4.69, 9.17) is 5.11 Å². The zero-order valence-electron chi connectivity index (χ0n) is 5.22. The standard InChI is InChI=1S/C4H7BrN2O3/c1-4(5,10)2(8)7-3(6)9/h10H,1H3,(H3,6,7,8,9).